The number of nitrogens with two attached hydrogens (primary N) is 1. The van der Waals surface area contributed by atoms with E-state index in [1.807, 2.05) is 4.68 Å². The van der Waals surface area contributed by atoms with Gasteiger partial charge in [0.1, 0.15) is 0 Å². The van der Waals surface area contributed by atoms with Crippen molar-refractivity contribution in [2.24, 2.45) is 5.73 Å². The molecular formula is C14H18N6O. The number of hydrogen-bond donors (Lipinski definition) is 1. The lowest BCUT2D eigenvalue weighted by Gasteiger charge is -2.38. The van der Waals surface area contributed by atoms with Crippen molar-refractivity contribution in [3.05, 3.63) is 35.4 Å². The number of aryl methyl sites for hydroxylation is 2. The first-order valence-electron chi connectivity index (χ1n) is 7.31. The summed E-state index contributed by atoms with van der Waals surface area (Å²) in [6.45, 7) is 3.81. The first kappa shape index (κ1) is 12.6. The number of carbonyl (C=O) groups excluding carboxylic acids is 1. The molecule has 7 heteroatoms. The Morgan fingerprint density at radius 3 is 3.00 bits per heavy atom. The molecule has 1 amide bonds. The summed E-state index contributed by atoms with van der Waals surface area (Å²) >= 11 is 0. The van der Waals surface area contributed by atoms with Crippen LogP contribution >= 0.6 is 0 Å². The number of hydrogen-bond acceptors (Lipinski definition) is 4. The van der Waals surface area contributed by atoms with Crippen LogP contribution in [0, 0.1) is 0 Å². The van der Waals surface area contributed by atoms with Crippen LogP contribution in [0.4, 0.5) is 0 Å². The molecule has 110 valence electrons. The average Bonchev–Trinajstić information content (AvgIpc) is 3.08. The van der Waals surface area contributed by atoms with Crippen LogP contribution in [0.15, 0.2) is 18.5 Å². The van der Waals surface area contributed by atoms with Crippen molar-refractivity contribution in [1.29, 1.82) is 0 Å². The highest BCUT2D eigenvalue weighted by atomic mass is 16.1. The fourth-order valence-corrected chi connectivity index (χ4v) is 3.13. The monoisotopic (exact) mass is 286 g/mol. The predicted molar refractivity (Wildman–Crippen MR) is 75.6 cm³/mol. The van der Waals surface area contributed by atoms with E-state index < -0.39 is 5.91 Å². The molecule has 2 N–H and O–H groups in total. The number of nitrogens with zero attached hydrogens (tertiary/aromatic N) is 5. The zero-order valence-electron chi connectivity index (χ0n) is 11.8. The molecule has 2 aliphatic heterocycles. The van der Waals surface area contributed by atoms with Crippen LogP contribution in [0.2, 0.25) is 0 Å². The molecule has 7 nitrogen and oxygen atoms in total. The van der Waals surface area contributed by atoms with Gasteiger partial charge in [-0.3, -0.25) is 19.1 Å². The highest BCUT2D eigenvalue weighted by Gasteiger charge is 2.30. The number of carbonyl (C=O) groups is 1. The minimum Gasteiger partial charge on any atom is -0.366 e. The maximum Gasteiger partial charge on any atom is 0.251 e. The Morgan fingerprint density at radius 1 is 1.43 bits per heavy atom. The Labute approximate surface area is 122 Å². The van der Waals surface area contributed by atoms with Gasteiger partial charge in [0, 0.05) is 38.1 Å². The lowest BCUT2D eigenvalue weighted by atomic mass is 10.1. The van der Waals surface area contributed by atoms with Crippen molar-refractivity contribution in [3.63, 3.8) is 0 Å². The second-order valence-corrected chi connectivity index (χ2v) is 5.87. The van der Waals surface area contributed by atoms with Crippen LogP contribution in [0.1, 0.15) is 34.2 Å². The van der Waals surface area contributed by atoms with E-state index in [1.165, 1.54) is 18.3 Å². The maximum atomic E-state index is 11.1. The summed E-state index contributed by atoms with van der Waals surface area (Å²) in [7, 11) is 0. The van der Waals surface area contributed by atoms with Gasteiger partial charge < -0.3 is 5.73 Å². The normalized spacial score (nSPS) is 18.7. The summed E-state index contributed by atoms with van der Waals surface area (Å²) in [4.78, 5) is 13.4. The molecule has 0 bridgehead atoms. The van der Waals surface area contributed by atoms with Crippen LogP contribution < -0.4 is 5.73 Å². The first-order valence-corrected chi connectivity index (χ1v) is 7.31. The summed E-state index contributed by atoms with van der Waals surface area (Å²) < 4.78 is 3.96. The summed E-state index contributed by atoms with van der Waals surface area (Å²) in [6, 6.07) is 2.55. The lowest BCUT2D eigenvalue weighted by Crippen LogP contribution is -2.47. The van der Waals surface area contributed by atoms with Crippen molar-refractivity contribution in [1.82, 2.24) is 24.5 Å². The Kier molecular flexibility index (Phi) is 2.81. The number of rotatable bonds is 4. The van der Waals surface area contributed by atoms with E-state index in [1.54, 1.807) is 6.20 Å². The predicted octanol–water partition coefficient (Wildman–Crippen LogP) is 0.182. The highest BCUT2D eigenvalue weighted by molar-refractivity contribution is 5.92. The molecule has 0 aromatic carbocycles. The Hall–Kier alpha value is -2.15. The third-order valence-corrected chi connectivity index (χ3v) is 4.30. The molecule has 1 saturated heterocycles. The third-order valence-electron chi connectivity index (χ3n) is 4.30. The molecule has 4 heterocycles. The Morgan fingerprint density at radius 2 is 2.29 bits per heavy atom. The fourth-order valence-electron chi connectivity index (χ4n) is 3.13. The van der Waals surface area contributed by atoms with E-state index in [-0.39, 0.29) is 0 Å². The van der Waals surface area contributed by atoms with Crippen molar-refractivity contribution < 1.29 is 4.79 Å². The smallest absolute Gasteiger partial charge is 0.251 e. The van der Waals surface area contributed by atoms with E-state index in [4.69, 9.17) is 5.73 Å². The summed E-state index contributed by atoms with van der Waals surface area (Å²) in [5.41, 5.74) is 8.22. The van der Waals surface area contributed by atoms with Gasteiger partial charge in [-0.05, 0) is 18.9 Å². The van der Waals surface area contributed by atoms with Crippen LogP contribution in [0.25, 0.3) is 0 Å². The van der Waals surface area contributed by atoms with Gasteiger partial charge >= 0.3 is 0 Å². The largest absolute Gasteiger partial charge is 0.366 e. The summed E-state index contributed by atoms with van der Waals surface area (Å²) in [5, 5.41) is 8.84. The van der Waals surface area contributed by atoms with Crippen LogP contribution in [-0.4, -0.2) is 43.5 Å². The number of amides is 1. The molecule has 2 aliphatic rings. The van der Waals surface area contributed by atoms with Crippen molar-refractivity contribution in [3.8, 4) is 0 Å². The molecule has 0 aliphatic carbocycles. The SMILES string of the molecule is NC(=O)c1cnn(C2CN(Cc3cc4n(n3)CCC4)C2)c1. The number of likely N-dealkylation sites (tertiary alicyclic amines) is 1. The van der Waals surface area contributed by atoms with Gasteiger partial charge in [0.2, 0.25) is 0 Å². The standard InChI is InChI=1S/C14H18N6O/c15-14(21)10-5-16-20(6-10)13-8-18(9-13)7-11-4-12-2-1-3-19(12)17-11/h4-6,13H,1-3,7-9H2,(H2,15,21). The molecule has 2 aromatic heterocycles. The van der Waals surface area contributed by atoms with E-state index in [9.17, 15) is 4.79 Å². The van der Waals surface area contributed by atoms with Crippen LogP contribution in [0.5, 0.6) is 0 Å². The van der Waals surface area contributed by atoms with Crippen molar-refractivity contribution in [2.45, 2.75) is 32.0 Å². The maximum absolute atomic E-state index is 11.1. The number of primary amides is 1. The van der Waals surface area contributed by atoms with Gasteiger partial charge in [-0.15, -0.1) is 0 Å². The molecule has 0 unspecified atom stereocenters. The van der Waals surface area contributed by atoms with Crippen molar-refractivity contribution >= 4 is 5.91 Å². The van der Waals surface area contributed by atoms with Gasteiger partial charge in [0.05, 0.1) is 23.5 Å². The molecule has 0 spiro atoms. The molecular weight excluding hydrogens is 268 g/mol. The number of aromatic nitrogens is 4. The zero-order chi connectivity index (χ0) is 14.4. The van der Waals surface area contributed by atoms with Crippen LogP contribution in [0.3, 0.4) is 0 Å². The van der Waals surface area contributed by atoms with Gasteiger partial charge in [-0.25, -0.2) is 0 Å². The molecule has 1 fully saturated rings. The Bertz CT molecular complexity index is 660. The van der Waals surface area contributed by atoms with Gasteiger partial charge in [-0.1, -0.05) is 0 Å². The lowest BCUT2D eigenvalue weighted by molar-refractivity contribution is 0.0891. The van der Waals surface area contributed by atoms with Gasteiger partial charge in [0.15, 0.2) is 0 Å². The Balaban J connectivity index is 1.35. The zero-order valence-corrected chi connectivity index (χ0v) is 11.8. The van der Waals surface area contributed by atoms with Crippen LogP contribution in [-0.2, 0) is 19.5 Å². The molecule has 0 saturated carbocycles. The second kappa shape index (κ2) is 4.70. The van der Waals surface area contributed by atoms with E-state index in [0.29, 0.717) is 11.6 Å². The molecule has 21 heavy (non-hydrogen) atoms. The van der Waals surface area contributed by atoms with Gasteiger partial charge in [0.25, 0.3) is 5.91 Å². The molecule has 0 atom stereocenters. The highest BCUT2D eigenvalue weighted by Crippen LogP contribution is 2.24. The molecule has 2 aromatic rings. The molecule has 4 rings (SSSR count). The fraction of sp³-hybridized carbons (Fsp3) is 0.500. The van der Waals surface area contributed by atoms with E-state index in [0.717, 1.165) is 38.3 Å². The first-order chi connectivity index (χ1) is 10.2. The van der Waals surface area contributed by atoms with E-state index in [2.05, 4.69) is 25.8 Å². The molecule has 0 radical (unpaired) electrons. The second-order valence-electron chi connectivity index (χ2n) is 5.87. The topological polar surface area (TPSA) is 82.0 Å². The average molecular weight is 286 g/mol. The summed E-state index contributed by atoms with van der Waals surface area (Å²) in [6.07, 6.45) is 5.63. The minimum atomic E-state index is -0.426. The summed E-state index contributed by atoms with van der Waals surface area (Å²) in [5.74, 6) is -0.426. The third kappa shape index (κ3) is 2.23. The van der Waals surface area contributed by atoms with Gasteiger partial charge in [-0.2, -0.15) is 10.2 Å². The number of fused-ring (bicyclic) bond motifs is 1. The quantitative estimate of drug-likeness (QED) is 0.869. The van der Waals surface area contributed by atoms with Crippen molar-refractivity contribution in [2.75, 3.05) is 13.1 Å². The van der Waals surface area contributed by atoms with E-state index >= 15 is 0 Å². The minimum absolute atomic E-state index is 0.326.